The van der Waals surface area contributed by atoms with Crippen LogP contribution in [-0.4, -0.2) is 24.5 Å². The molecule has 2 amide bonds. The zero-order chi connectivity index (χ0) is 19.4. The van der Waals surface area contributed by atoms with Gasteiger partial charge in [-0.2, -0.15) is 0 Å². The van der Waals surface area contributed by atoms with Gasteiger partial charge in [-0.25, -0.2) is 9.59 Å². The second kappa shape index (κ2) is 7.90. The molecule has 0 radical (unpaired) electrons. The Balaban J connectivity index is 2.00. The van der Waals surface area contributed by atoms with Gasteiger partial charge in [0.05, 0.1) is 23.7 Å². The lowest BCUT2D eigenvalue weighted by Gasteiger charge is -2.22. The van der Waals surface area contributed by atoms with Gasteiger partial charge >= 0.3 is 12.2 Å². The second-order valence-electron chi connectivity index (χ2n) is 6.58. The minimum Gasteiger partial charge on any atom is -0.432 e. The zero-order valence-corrected chi connectivity index (χ0v) is 15.2. The number of carbonyl (C=O) groups excluding carboxylic acids is 2. The fourth-order valence-corrected chi connectivity index (χ4v) is 2.87. The minimum atomic E-state index is -0.863. The van der Waals surface area contributed by atoms with Crippen LogP contribution in [0.25, 0.3) is 0 Å². The standard InChI is InChI=1S/C20H21N3O4/c1-13(2)12-26-20(25)27-22-16-11-14-7-3-5-9-17(14)23(19(21)24)18-10-6-4-8-15(16)18/h3-10,13H,11-12H2,1-2H3,(H2,21,24)/b22-16-. The number of primary amides is 1. The summed E-state index contributed by atoms with van der Waals surface area (Å²) in [6, 6.07) is 14.0. The molecule has 0 fully saturated rings. The van der Waals surface area contributed by atoms with Crippen LogP contribution in [0.15, 0.2) is 53.7 Å². The molecule has 0 atom stereocenters. The topological polar surface area (TPSA) is 94.2 Å². The summed E-state index contributed by atoms with van der Waals surface area (Å²) in [4.78, 5) is 30.3. The highest BCUT2D eigenvalue weighted by Crippen LogP contribution is 2.35. The Hall–Kier alpha value is -3.35. The molecule has 27 heavy (non-hydrogen) atoms. The minimum absolute atomic E-state index is 0.194. The van der Waals surface area contributed by atoms with E-state index in [1.165, 1.54) is 4.90 Å². The molecule has 1 aliphatic rings. The summed E-state index contributed by atoms with van der Waals surface area (Å²) >= 11 is 0. The smallest absolute Gasteiger partial charge is 0.432 e. The van der Waals surface area contributed by atoms with Gasteiger partial charge < -0.3 is 10.5 Å². The molecule has 7 nitrogen and oxygen atoms in total. The predicted octanol–water partition coefficient (Wildman–Crippen LogP) is 3.97. The predicted molar refractivity (Wildman–Crippen MR) is 102 cm³/mol. The number of rotatable bonds is 3. The van der Waals surface area contributed by atoms with Crippen LogP contribution >= 0.6 is 0 Å². The maximum absolute atomic E-state index is 12.2. The highest BCUT2D eigenvalue weighted by molar-refractivity contribution is 6.13. The summed E-state index contributed by atoms with van der Waals surface area (Å²) in [6.07, 6.45) is -0.494. The highest BCUT2D eigenvalue weighted by atomic mass is 16.8. The van der Waals surface area contributed by atoms with Gasteiger partial charge in [0, 0.05) is 12.0 Å². The lowest BCUT2D eigenvalue weighted by Crippen LogP contribution is -2.32. The van der Waals surface area contributed by atoms with E-state index >= 15 is 0 Å². The van der Waals surface area contributed by atoms with Crippen LogP contribution < -0.4 is 10.6 Å². The Morgan fingerprint density at radius 3 is 2.48 bits per heavy atom. The first-order valence-corrected chi connectivity index (χ1v) is 8.65. The van der Waals surface area contributed by atoms with Crippen molar-refractivity contribution < 1.29 is 19.2 Å². The van der Waals surface area contributed by atoms with Crippen LogP contribution in [0.4, 0.5) is 21.0 Å². The van der Waals surface area contributed by atoms with Gasteiger partial charge in [-0.15, -0.1) is 0 Å². The SMILES string of the molecule is CC(C)COC(=O)O/N=C1/Cc2ccccc2N(C(N)=O)c2ccccc21. The van der Waals surface area contributed by atoms with Crippen molar-refractivity contribution in [1.29, 1.82) is 0 Å². The number of ether oxygens (including phenoxy) is 1. The zero-order valence-electron chi connectivity index (χ0n) is 15.2. The van der Waals surface area contributed by atoms with E-state index in [0.717, 1.165) is 5.56 Å². The normalized spacial score (nSPS) is 14.3. The van der Waals surface area contributed by atoms with E-state index in [4.69, 9.17) is 15.3 Å². The van der Waals surface area contributed by atoms with Gasteiger partial charge in [0.15, 0.2) is 0 Å². The second-order valence-corrected chi connectivity index (χ2v) is 6.58. The number of anilines is 2. The molecule has 0 unspecified atom stereocenters. The summed E-state index contributed by atoms with van der Waals surface area (Å²) in [7, 11) is 0. The summed E-state index contributed by atoms with van der Waals surface area (Å²) in [5.41, 5.74) is 8.89. The number of hydrogen-bond acceptors (Lipinski definition) is 5. The number of nitrogens with zero attached hydrogens (tertiary/aromatic N) is 2. The first-order valence-electron chi connectivity index (χ1n) is 8.65. The first kappa shape index (κ1) is 18.4. The molecule has 0 bridgehead atoms. The Morgan fingerprint density at radius 2 is 1.78 bits per heavy atom. The Labute approximate surface area is 157 Å². The number of benzene rings is 2. The van der Waals surface area contributed by atoms with Crippen molar-refractivity contribution in [2.45, 2.75) is 20.3 Å². The summed E-state index contributed by atoms with van der Waals surface area (Å²) in [5.74, 6) is 0.194. The first-order chi connectivity index (χ1) is 13.0. The molecule has 1 heterocycles. The number of fused-ring (bicyclic) bond motifs is 2. The largest absolute Gasteiger partial charge is 0.535 e. The number of para-hydroxylation sites is 2. The Kier molecular flexibility index (Phi) is 5.40. The van der Waals surface area contributed by atoms with Crippen LogP contribution in [-0.2, 0) is 16.0 Å². The van der Waals surface area contributed by atoms with Gasteiger partial charge in [0.25, 0.3) is 0 Å². The van der Waals surface area contributed by atoms with Gasteiger partial charge in [0.1, 0.15) is 0 Å². The fourth-order valence-electron chi connectivity index (χ4n) is 2.87. The van der Waals surface area contributed by atoms with Crippen molar-refractivity contribution in [1.82, 2.24) is 0 Å². The molecule has 7 heteroatoms. The average Bonchev–Trinajstić information content (AvgIpc) is 2.79. The Morgan fingerprint density at radius 1 is 1.11 bits per heavy atom. The van der Waals surface area contributed by atoms with Crippen molar-refractivity contribution >= 4 is 29.3 Å². The van der Waals surface area contributed by atoms with Gasteiger partial charge in [-0.1, -0.05) is 55.4 Å². The molecule has 2 aromatic carbocycles. The molecular weight excluding hydrogens is 346 g/mol. The van der Waals surface area contributed by atoms with E-state index in [1.54, 1.807) is 18.2 Å². The van der Waals surface area contributed by atoms with Crippen molar-refractivity contribution in [3.05, 3.63) is 59.7 Å². The third kappa shape index (κ3) is 4.08. The van der Waals surface area contributed by atoms with Gasteiger partial charge in [-0.05, 0) is 23.6 Å². The molecule has 1 aliphatic heterocycles. The van der Waals surface area contributed by atoms with Crippen LogP contribution in [0.5, 0.6) is 0 Å². The van der Waals surface area contributed by atoms with E-state index in [0.29, 0.717) is 29.1 Å². The summed E-state index contributed by atoms with van der Waals surface area (Å²) in [5, 5.41) is 4.02. The van der Waals surface area contributed by atoms with Gasteiger partial charge in [0.2, 0.25) is 0 Å². The number of carbonyl (C=O) groups is 2. The van der Waals surface area contributed by atoms with Crippen molar-refractivity contribution in [3.8, 4) is 0 Å². The number of hydrogen-bond donors (Lipinski definition) is 1. The fraction of sp³-hybridized carbons (Fsp3) is 0.250. The molecule has 0 aliphatic carbocycles. The van der Waals surface area contributed by atoms with Crippen molar-refractivity contribution in [3.63, 3.8) is 0 Å². The molecule has 0 saturated heterocycles. The third-order valence-corrected chi connectivity index (χ3v) is 4.03. The molecule has 3 rings (SSSR count). The van der Waals surface area contributed by atoms with Crippen LogP contribution in [0.3, 0.4) is 0 Å². The molecule has 0 saturated carbocycles. The lowest BCUT2D eigenvalue weighted by atomic mass is 10.0. The number of nitrogens with two attached hydrogens (primary N) is 1. The number of oxime groups is 1. The van der Waals surface area contributed by atoms with Crippen molar-refractivity contribution in [2.24, 2.45) is 16.8 Å². The average molecular weight is 367 g/mol. The quantitative estimate of drug-likeness (QED) is 0.504. The highest BCUT2D eigenvalue weighted by Gasteiger charge is 2.27. The van der Waals surface area contributed by atoms with Crippen LogP contribution in [0, 0.1) is 5.92 Å². The van der Waals surface area contributed by atoms with E-state index in [1.807, 2.05) is 44.2 Å². The molecule has 2 N–H and O–H groups in total. The third-order valence-electron chi connectivity index (χ3n) is 4.03. The van der Waals surface area contributed by atoms with E-state index in [2.05, 4.69) is 5.16 Å². The molecule has 140 valence electrons. The summed E-state index contributed by atoms with van der Waals surface area (Å²) in [6.45, 7) is 4.10. The van der Waals surface area contributed by atoms with Crippen LogP contribution in [0.2, 0.25) is 0 Å². The van der Waals surface area contributed by atoms with Crippen molar-refractivity contribution in [2.75, 3.05) is 11.5 Å². The maximum Gasteiger partial charge on any atom is 0.535 e. The van der Waals surface area contributed by atoms with Gasteiger partial charge in [-0.3, -0.25) is 9.74 Å². The van der Waals surface area contributed by atoms with E-state index in [9.17, 15) is 9.59 Å². The van der Waals surface area contributed by atoms with E-state index < -0.39 is 12.2 Å². The molecule has 0 aromatic heterocycles. The molecule has 2 aromatic rings. The lowest BCUT2D eigenvalue weighted by molar-refractivity contribution is 0.0494. The van der Waals surface area contributed by atoms with E-state index in [-0.39, 0.29) is 12.5 Å². The summed E-state index contributed by atoms with van der Waals surface area (Å²) < 4.78 is 4.99. The molecule has 0 spiro atoms. The number of amides is 2. The monoisotopic (exact) mass is 367 g/mol. The maximum atomic E-state index is 12.2. The van der Waals surface area contributed by atoms with Crippen LogP contribution in [0.1, 0.15) is 25.0 Å². The Bertz CT molecular complexity index is 892. The molecular formula is C20H21N3O4. The number of urea groups is 1.